The van der Waals surface area contributed by atoms with Crippen molar-refractivity contribution in [2.45, 2.75) is 52.4 Å². The van der Waals surface area contributed by atoms with Crippen molar-refractivity contribution in [1.82, 2.24) is 0 Å². The van der Waals surface area contributed by atoms with Gasteiger partial charge >= 0.3 is 0 Å². The molecule has 0 spiro atoms. The average Bonchev–Trinajstić information content (AvgIpc) is 2.17. The molecule has 0 N–H and O–H groups in total. The highest BCUT2D eigenvalue weighted by Crippen LogP contribution is 2.26. The van der Waals surface area contributed by atoms with Crippen molar-refractivity contribution in [3.8, 4) is 0 Å². The lowest BCUT2D eigenvalue weighted by atomic mass is 9.87. The van der Waals surface area contributed by atoms with Crippen LogP contribution >= 0.6 is 0 Å². The van der Waals surface area contributed by atoms with Crippen LogP contribution in [-0.2, 0) is 4.79 Å². The molecule has 74 valence electrons. The molecule has 0 heterocycles. The molecule has 1 nitrogen and oxygen atoms in total. The predicted octanol–water partition coefficient (Wildman–Crippen LogP) is 3.49. The molecule has 1 saturated carbocycles. The van der Waals surface area contributed by atoms with Gasteiger partial charge in [0, 0.05) is 5.41 Å². The lowest BCUT2D eigenvalue weighted by Crippen LogP contribution is -2.11. The van der Waals surface area contributed by atoms with Gasteiger partial charge in [0.15, 0.2) is 0 Å². The lowest BCUT2D eigenvalue weighted by molar-refractivity contribution is -0.114. The molecule has 0 bridgehead atoms. The molecule has 0 aliphatic heterocycles. The van der Waals surface area contributed by atoms with Gasteiger partial charge in [-0.1, -0.05) is 31.9 Å². The number of aldehydes is 1. The molecule has 13 heavy (non-hydrogen) atoms. The highest BCUT2D eigenvalue weighted by atomic mass is 16.1. The Kier molecular flexibility index (Phi) is 3.71. The first-order valence-corrected chi connectivity index (χ1v) is 5.28. The Morgan fingerprint density at radius 2 is 1.85 bits per heavy atom. The summed E-state index contributed by atoms with van der Waals surface area (Å²) in [5.41, 5.74) is 1.41. The Morgan fingerprint density at radius 3 is 2.38 bits per heavy atom. The van der Waals surface area contributed by atoms with Crippen molar-refractivity contribution >= 4 is 6.29 Å². The van der Waals surface area contributed by atoms with Gasteiger partial charge in [-0.05, 0) is 32.1 Å². The highest BCUT2D eigenvalue weighted by Gasteiger charge is 2.15. The van der Waals surface area contributed by atoms with E-state index >= 15 is 0 Å². The van der Waals surface area contributed by atoms with Gasteiger partial charge in [-0.2, -0.15) is 0 Å². The van der Waals surface area contributed by atoms with Gasteiger partial charge < -0.3 is 4.79 Å². The molecular formula is C12H20O. The number of rotatable bonds is 3. The number of hydrogen-bond acceptors (Lipinski definition) is 1. The highest BCUT2D eigenvalue weighted by molar-refractivity contribution is 5.58. The van der Waals surface area contributed by atoms with Crippen LogP contribution in [0.25, 0.3) is 0 Å². The second-order valence-corrected chi connectivity index (χ2v) is 4.73. The molecule has 0 aromatic carbocycles. The van der Waals surface area contributed by atoms with Crippen LogP contribution in [0.4, 0.5) is 0 Å². The molecule has 0 radical (unpaired) electrons. The van der Waals surface area contributed by atoms with Crippen molar-refractivity contribution in [3.05, 3.63) is 11.6 Å². The van der Waals surface area contributed by atoms with E-state index < -0.39 is 0 Å². The normalized spacial score (nSPS) is 18.5. The molecule has 1 aliphatic carbocycles. The number of hydrogen-bond donors (Lipinski definition) is 0. The minimum atomic E-state index is -0.162. The second-order valence-electron chi connectivity index (χ2n) is 4.73. The van der Waals surface area contributed by atoms with E-state index in [0.717, 1.165) is 12.7 Å². The molecule has 0 aromatic rings. The summed E-state index contributed by atoms with van der Waals surface area (Å²) in [6.45, 7) is 4.00. The molecule has 0 atom stereocenters. The van der Waals surface area contributed by atoms with Crippen LogP contribution in [0.1, 0.15) is 52.4 Å². The first kappa shape index (κ1) is 10.5. The van der Waals surface area contributed by atoms with Crippen LogP contribution in [0.15, 0.2) is 11.6 Å². The van der Waals surface area contributed by atoms with Gasteiger partial charge in [0.25, 0.3) is 0 Å². The number of carbonyl (C=O) groups excluding carboxylic acids is 1. The van der Waals surface area contributed by atoms with Crippen molar-refractivity contribution in [3.63, 3.8) is 0 Å². The summed E-state index contributed by atoms with van der Waals surface area (Å²) in [5, 5.41) is 0. The van der Waals surface area contributed by atoms with Gasteiger partial charge in [0.2, 0.25) is 0 Å². The molecule has 1 heteroatoms. The summed E-state index contributed by atoms with van der Waals surface area (Å²) in [6, 6.07) is 0. The van der Waals surface area contributed by atoms with E-state index in [1.165, 1.54) is 32.1 Å². The number of allylic oxidation sites excluding steroid dienone is 2. The smallest absolute Gasteiger partial charge is 0.125 e. The fourth-order valence-electron chi connectivity index (χ4n) is 1.67. The SMILES string of the molecule is CC(C)(C=O)CC=C1CCCCC1. The van der Waals surface area contributed by atoms with Gasteiger partial charge in [-0.15, -0.1) is 0 Å². The van der Waals surface area contributed by atoms with E-state index in [4.69, 9.17) is 0 Å². The van der Waals surface area contributed by atoms with E-state index in [-0.39, 0.29) is 5.41 Å². The third-order valence-electron chi connectivity index (χ3n) is 2.73. The fraction of sp³-hybridized carbons (Fsp3) is 0.750. The molecule has 0 aromatic heterocycles. The molecule has 1 fully saturated rings. The maximum Gasteiger partial charge on any atom is 0.125 e. The minimum Gasteiger partial charge on any atom is -0.303 e. The first-order valence-electron chi connectivity index (χ1n) is 5.28. The Hall–Kier alpha value is -0.590. The van der Waals surface area contributed by atoms with Crippen molar-refractivity contribution < 1.29 is 4.79 Å². The zero-order valence-corrected chi connectivity index (χ0v) is 8.81. The summed E-state index contributed by atoms with van der Waals surface area (Å²) in [5.74, 6) is 0. The molecule has 0 saturated heterocycles. The summed E-state index contributed by atoms with van der Waals surface area (Å²) in [6.07, 6.45) is 10.8. The first-order chi connectivity index (χ1) is 6.14. The molecular weight excluding hydrogens is 160 g/mol. The van der Waals surface area contributed by atoms with Crippen molar-refractivity contribution in [2.75, 3.05) is 0 Å². The Bertz CT molecular complexity index is 193. The van der Waals surface area contributed by atoms with Gasteiger partial charge in [-0.3, -0.25) is 0 Å². The minimum absolute atomic E-state index is 0.162. The van der Waals surface area contributed by atoms with Gasteiger partial charge in [0.1, 0.15) is 6.29 Å². The quantitative estimate of drug-likeness (QED) is 0.480. The Labute approximate surface area is 81.2 Å². The van der Waals surface area contributed by atoms with Crippen LogP contribution in [0.3, 0.4) is 0 Å². The Morgan fingerprint density at radius 1 is 1.23 bits per heavy atom. The number of carbonyl (C=O) groups is 1. The summed E-state index contributed by atoms with van der Waals surface area (Å²) in [7, 11) is 0. The largest absolute Gasteiger partial charge is 0.303 e. The van der Waals surface area contributed by atoms with E-state index in [2.05, 4.69) is 6.08 Å². The standard InChI is InChI=1S/C12H20O/c1-12(2,10-13)9-8-11-6-4-3-5-7-11/h8,10H,3-7,9H2,1-2H3. The van der Waals surface area contributed by atoms with Crippen LogP contribution < -0.4 is 0 Å². The van der Waals surface area contributed by atoms with Crippen LogP contribution in [0.5, 0.6) is 0 Å². The van der Waals surface area contributed by atoms with Crippen molar-refractivity contribution in [2.24, 2.45) is 5.41 Å². The molecule has 0 unspecified atom stereocenters. The fourth-order valence-corrected chi connectivity index (χ4v) is 1.67. The maximum atomic E-state index is 10.7. The average molecular weight is 180 g/mol. The van der Waals surface area contributed by atoms with E-state index in [1.54, 1.807) is 5.57 Å². The topological polar surface area (TPSA) is 17.1 Å². The third kappa shape index (κ3) is 3.75. The van der Waals surface area contributed by atoms with Crippen LogP contribution in [0.2, 0.25) is 0 Å². The van der Waals surface area contributed by atoms with E-state index in [1.807, 2.05) is 13.8 Å². The maximum absolute atomic E-state index is 10.7. The van der Waals surface area contributed by atoms with Crippen LogP contribution in [0, 0.1) is 5.41 Å². The molecule has 1 rings (SSSR count). The monoisotopic (exact) mass is 180 g/mol. The van der Waals surface area contributed by atoms with Gasteiger partial charge in [-0.25, -0.2) is 0 Å². The van der Waals surface area contributed by atoms with Gasteiger partial charge in [0.05, 0.1) is 0 Å². The zero-order valence-electron chi connectivity index (χ0n) is 8.81. The lowest BCUT2D eigenvalue weighted by Gasteiger charge is -2.17. The molecule has 1 aliphatic rings. The second kappa shape index (κ2) is 4.59. The van der Waals surface area contributed by atoms with E-state index in [9.17, 15) is 4.79 Å². The van der Waals surface area contributed by atoms with Crippen molar-refractivity contribution in [1.29, 1.82) is 0 Å². The summed E-state index contributed by atoms with van der Waals surface area (Å²) < 4.78 is 0. The van der Waals surface area contributed by atoms with Crippen LogP contribution in [-0.4, -0.2) is 6.29 Å². The predicted molar refractivity (Wildman–Crippen MR) is 55.6 cm³/mol. The molecule has 0 amide bonds. The summed E-state index contributed by atoms with van der Waals surface area (Å²) >= 11 is 0. The zero-order chi connectivity index (χ0) is 9.73. The Balaban J connectivity index is 2.41. The summed E-state index contributed by atoms with van der Waals surface area (Å²) in [4.78, 5) is 10.7. The van der Waals surface area contributed by atoms with E-state index in [0.29, 0.717) is 0 Å². The third-order valence-corrected chi connectivity index (χ3v) is 2.73.